The van der Waals surface area contributed by atoms with Gasteiger partial charge in [0.25, 0.3) is 0 Å². The number of likely N-dealkylation sites (N-methyl/N-ethyl adjacent to an activating group) is 6. The molecule has 26 heteroatoms. The molecule has 6 aromatic rings. The number of amides is 8. The molecule has 4 aliphatic heterocycles. The zero-order valence-corrected chi connectivity index (χ0v) is 67.6. The van der Waals surface area contributed by atoms with Gasteiger partial charge < -0.3 is 49.8 Å². The Labute approximate surface area is 659 Å². The largest absolute Gasteiger partial charge is 0.346 e. The van der Waals surface area contributed by atoms with Gasteiger partial charge in [-0.1, -0.05) is 171 Å². The molecule has 0 aliphatic carbocycles. The Kier molecular flexibility index (Phi) is 32.4. The van der Waals surface area contributed by atoms with Crippen molar-refractivity contribution >= 4 is 157 Å². The number of benzene rings is 6. The Morgan fingerprint density at radius 1 is 0.462 bits per heavy atom. The van der Waals surface area contributed by atoms with Gasteiger partial charge in [0.15, 0.2) is 0 Å². The Bertz CT molecular complexity index is 3730. The highest BCUT2D eigenvalue weighted by molar-refractivity contribution is 7.59. The van der Waals surface area contributed by atoms with E-state index in [9.17, 15) is 38.4 Å². The fourth-order valence-corrected chi connectivity index (χ4v) is 15.7. The van der Waals surface area contributed by atoms with E-state index in [1.54, 1.807) is 86.5 Å². The van der Waals surface area contributed by atoms with Crippen LogP contribution in [0.1, 0.15) is 113 Å². The first-order valence-corrected chi connectivity index (χ1v) is 36.1. The summed E-state index contributed by atoms with van der Waals surface area (Å²) in [6.07, 6.45) is 4.49. The first-order chi connectivity index (χ1) is 47.6. The van der Waals surface area contributed by atoms with Crippen molar-refractivity contribution in [2.24, 2.45) is 11.8 Å². The van der Waals surface area contributed by atoms with Crippen molar-refractivity contribution < 1.29 is 38.4 Å². The van der Waals surface area contributed by atoms with Gasteiger partial charge in [0, 0.05) is 117 Å². The molecule has 2 atom stereocenters. The summed E-state index contributed by atoms with van der Waals surface area (Å²) < 4.78 is 0. The number of halogens is 6. The molecule has 2 spiro atoms. The van der Waals surface area contributed by atoms with Gasteiger partial charge in [0.2, 0.25) is 23.6 Å². The number of hydrogen-bond donors (Lipinski definition) is 2. The predicted molar refractivity (Wildman–Crippen MR) is 431 cm³/mol. The number of nitrogens with one attached hydrogen (secondary N) is 2. The molecule has 0 saturated carbocycles. The Morgan fingerprint density at radius 2 is 0.779 bits per heavy atom. The van der Waals surface area contributed by atoms with Gasteiger partial charge in [-0.3, -0.25) is 38.4 Å². The van der Waals surface area contributed by atoms with Gasteiger partial charge in [0.05, 0.1) is 55.1 Å². The molecule has 0 bridgehead atoms. The number of piperidine rings is 2. The van der Waals surface area contributed by atoms with E-state index in [1.165, 1.54) is 30.7 Å². The van der Waals surface area contributed by atoms with E-state index >= 15 is 0 Å². The molecule has 0 unspecified atom stereocenters. The number of likely N-dealkylation sites (tertiary alicyclic amines) is 2. The van der Waals surface area contributed by atoms with Crippen LogP contribution in [-0.4, -0.2) is 170 Å². The zero-order valence-electron chi connectivity index (χ0n) is 60.9. The minimum atomic E-state index is -1.16. The van der Waals surface area contributed by atoms with Crippen molar-refractivity contribution in [3.8, 4) is 0 Å². The Balaban J connectivity index is 0.000000360. The second-order valence-electron chi connectivity index (χ2n) is 27.6. The zero-order chi connectivity index (χ0) is 72.4. The second kappa shape index (κ2) is 38.3. The topological polar surface area (TPSA) is 187 Å². The fourth-order valence-electron chi connectivity index (χ4n) is 15.1. The van der Waals surface area contributed by atoms with Crippen molar-refractivity contribution in [1.82, 2.24) is 40.0 Å². The van der Waals surface area contributed by atoms with E-state index in [1.807, 2.05) is 126 Å². The summed E-state index contributed by atoms with van der Waals surface area (Å²) in [5, 5.41) is 7.96. The van der Waals surface area contributed by atoms with Gasteiger partial charge in [0.1, 0.15) is 0 Å². The number of carbonyl (C=O) groups is 8. The van der Waals surface area contributed by atoms with Gasteiger partial charge in [-0.05, 0) is 134 Å². The van der Waals surface area contributed by atoms with Gasteiger partial charge in [-0.15, -0.1) is 24.8 Å². The van der Waals surface area contributed by atoms with E-state index in [0.717, 1.165) is 36.8 Å². The second-order valence-corrected chi connectivity index (χ2v) is 29.3. The van der Waals surface area contributed by atoms with Crippen LogP contribution in [0, 0.1) is 11.8 Å². The monoisotopic (exact) mass is 1580 g/mol. The summed E-state index contributed by atoms with van der Waals surface area (Å²) in [6.45, 7) is 15.8. The molecular weight excluding hydrogens is 1480 g/mol. The van der Waals surface area contributed by atoms with Crippen LogP contribution in [0.5, 0.6) is 0 Å². The number of hydrogen-bond acceptors (Lipinski definition) is 10. The Hall–Kier alpha value is -6.56. The maximum atomic E-state index is 14.4. The fraction of sp³-hybridized carbons (Fsp3) is 0.436. The Morgan fingerprint density at radius 3 is 1.09 bits per heavy atom. The molecule has 2 N–H and O–H groups in total. The molecule has 10 rings (SSSR count). The lowest BCUT2D eigenvalue weighted by Crippen LogP contribution is -2.59. The van der Waals surface area contributed by atoms with E-state index in [-0.39, 0.29) is 100 Å². The highest BCUT2D eigenvalue weighted by Gasteiger charge is 2.49. The van der Waals surface area contributed by atoms with Crippen LogP contribution in [-0.2, 0) is 73.4 Å². The minimum absolute atomic E-state index is 0. The third kappa shape index (κ3) is 19.4. The third-order valence-corrected chi connectivity index (χ3v) is 22.3. The quantitative estimate of drug-likeness (QED) is 0.0697. The number of fused-ring (bicyclic) bond motifs is 4. The summed E-state index contributed by atoms with van der Waals surface area (Å²) in [4.78, 5) is 123. The van der Waals surface area contributed by atoms with Crippen molar-refractivity contribution in [2.45, 2.75) is 115 Å². The molecule has 8 amide bonds. The average molecular weight is 1580 g/mol. The van der Waals surface area contributed by atoms with Crippen LogP contribution in [0.25, 0.3) is 0 Å². The number of nitrogens with zero attached hydrogens (tertiary/aromatic N) is 8. The van der Waals surface area contributed by atoms with Crippen molar-refractivity contribution in [2.75, 3.05) is 103 Å². The lowest BCUT2D eigenvalue weighted by Gasteiger charge is -2.48. The van der Waals surface area contributed by atoms with Gasteiger partial charge in [-0.25, -0.2) is 0 Å². The van der Waals surface area contributed by atoms with E-state index in [4.69, 9.17) is 46.4 Å². The SMILES string of the molecule is CCN(C(=O)C(=O)N(C)[C@](CCN1CCC2(CC1)NC(=O)Cc1ccccc12)(CN(C)C(=O)C(C)C)c1ccc(Cl)c(Cl)c1)c1ccccc1.CCN(C(=O)C(=O)N(C)[C@](CCN1CCC2(CC1)NC(=O)Cc1ccccc12)(CN(C)C(=O)C(C)C)c1ccc(Cl)c(Cl)c1)c1ccccc1.Cl.Cl.S.S. The molecule has 4 heterocycles. The number of anilines is 2. The first kappa shape index (κ1) is 88.1. The van der Waals surface area contributed by atoms with Gasteiger partial charge in [-0.2, -0.15) is 27.0 Å². The molecule has 0 aromatic heterocycles. The van der Waals surface area contributed by atoms with Crippen molar-refractivity contribution in [3.63, 3.8) is 0 Å². The van der Waals surface area contributed by atoms with E-state index < -0.39 is 45.8 Å². The molecule has 2 fully saturated rings. The molecule has 104 heavy (non-hydrogen) atoms. The molecule has 4 aliphatic rings. The lowest BCUT2D eigenvalue weighted by molar-refractivity contribution is -0.150. The lowest BCUT2D eigenvalue weighted by atomic mass is 9.75. The van der Waals surface area contributed by atoms with Crippen LogP contribution in [0.15, 0.2) is 146 Å². The molecule has 2 saturated heterocycles. The molecule has 18 nitrogen and oxygen atoms in total. The summed E-state index contributed by atoms with van der Waals surface area (Å²) >= 11 is 26.0. The van der Waals surface area contributed by atoms with Gasteiger partial charge >= 0.3 is 23.6 Å². The minimum Gasteiger partial charge on any atom is -0.346 e. The molecule has 0 radical (unpaired) electrons. The summed E-state index contributed by atoms with van der Waals surface area (Å²) in [5.41, 5.74) is 3.93. The van der Waals surface area contributed by atoms with E-state index in [2.05, 4.69) is 32.6 Å². The number of para-hydroxylation sites is 2. The van der Waals surface area contributed by atoms with Crippen LogP contribution in [0.2, 0.25) is 20.1 Å². The van der Waals surface area contributed by atoms with Crippen molar-refractivity contribution in [3.05, 3.63) is 199 Å². The number of rotatable bonds is 20. The predicted octanol–water partition coefficient (Wildman–Crippen LogP) is 12.8. The highest BCUT2D eigenvalue weighted by Crippen LogP contribution is 2.43. The summed E-state index contributed by atoms with van der Waals surface area (Å²) in [5.74, 6) is -3.42. The number of carbonyl (C=O) groups excluding carboxylic acids is 8. The normalized spacial score (nSPS) is 16.0. The molecular formula is C78H100Cl6N10O8S2. The summed E-state index contributed by atoms with van der Waals surface area (Å²) in [7, 11) is 6.72. The highest BCUT2D eigenvalue weighted by atomic mass is 35.5. The van der Waals surface area contributed by atoms with Crippen LogP contribution >= 0.6 is 98.2 Å². The molecule has 6 aromatic carbocycles. The maximum Gasteiger partial charge on any atom is 0.316 e. The third-order valence-electron chi connectivity index (χ3n) is 20.8. The summed E-state index contributed by atoms with van der Waals surface area (Å²) in [6, 6.07) is 45.0. The van der Waals surface area contributed by atoms with Crippen molar-refractivity contribution in [1.29, 1.82) is 0 Å². The van der Waals surface area contributed by atoms with Crippen LogP contribution in [0.3, 0.4) is 0 Å². The average Bonchev–Trinajstić information content (AvgIpc) is 1.31. The first-order valence-electron chi connectivity index (χ1n) is 34.6. The van der Waals surface area contributed by atoms with Crippen LogP contribution in [0.4, 0.5) is 11.4 Å². The van der Waals surface area contributed by atoms with E-state index in [0.29, 0.717) is 121 Å². The standard InChI is InChI=1S/2C39H47Cl2N5O4.2ClH.2H2S/c2*1-6-46(30-13-8-7-9-14-30)37(50)36(49)44(5)39(26-43(4)35(48)27(2)3,29-16-17-32(40)33(41)25-29)20-23-45-21-18-38(19-22-45)31-15-11-10-12-28(31)24-34(47)42-38;;;;/h2*7-17,25,27H,6,18-24,26H2,1-5H3,(H,42,47);2*1H;2*1H2/t2*39-;;;;/m11..../s1. The molecule has 564 valence electrons. The maximum absolute atomic E-state index is 14.4. The smallest absolute Gasteiger partial charge is 0.316 e. The van der Waals surface area contributed by atoms with Crippen LogP contribution < -0.4 is 20.4 Å².